The van der Waals surface area contributed by atoms with E-state index in [4.69, 9.17) is 33.2 Å². The molecule has 14 atom stereocenters. The first-order chi connectivity index (χ1) is 24.1. The highest BCUT2D eigenvalue weighted by Crippen LogP contribution is 2.75. The molecule has 12 nitrogen and oxygen atoms in total. The highest BCUT2D eigenvalue weighted by atomic mass is 16.7. The first kappa shape index (κ1) is 36.2. The van der Waals surface area contributed by atoms with Crippen LogP contribution in [0.3, 0.4) is 0 Å². The van der Waals surface area contributed by atoms with Crippen LogP contribution in [0.2, 0.25) is 0 Å². The van der Waals surface area contributed by atoms with Crippen molar-refractivity contribution in [2.24, 2.45) is 45.8 Å². The molecule has 1 aromatic carbocycles. The van der Waals surface area contributed by atoms with Crippen LogP contribution < -0.4 is 0 Å². The van der Waals surface area contributed by atoms with Gasteiger partial charge in [0.2, 0.25) is 5.60 Å². The van der Waals surface area contributed by atoms with Crippen molar-refractivity contribution in [3.63, 3.8) is 0 Å². The summed E-state index contributed by atoms with van der Waals surface area (Å²) in [7, 11) is 1.28. The van der Waals surface area contributed by atoms with Crippen molar-refractivity contribution in [2.75, 3.05) is 20.3 Å². The predicted octanol–water partition coefficient (Wildman–Crippen LogP) is 4.77. The number of esters is 3. The Bertz CT molecular complexity index is 1570. The summed E-state index contributed by atoms with van der Waals surface area (Å²) < 4.78 is 41.7. The lowest BCUT2D eigenvalue weighted by Crippen LogP contribution is -2.79. The highest BCUT2D eigenvalue weighted by Gasteiger charge is 2.89. The Morgan fingerprint density at radius 1 is 1.00 bits per heavy atom. The predicted molar refractivity (Wildman–Crippen MR) is 179 cm³/mol. The Morgan fingerprint density at radius 3 is 2.35 bits per heavy atom. The molecule has 4 saturated carbocycles. The van der Waals surface area contributed by atoms with E-state index < -0.39 is 82.3 Å². The van der Waals surface area contributed by atoms with Crippen molar-refractivity contribution in [1.29, 1.82) is 0 Å². The lowest BCUT2D eigenvalue weighted by atomic mass is 9.36. The normalized spacial score (nSPS) is 45.3. The summed E-state index contributed by atoms with van der Waals surface area (Å²) in [6.07, 6.45) is -1.05. The van der Waals surface area contributed by atoms with Crippen LogP contribution in [0.5, 0.6) is 0 Å². The van der Waals surface area contributed by atoms with E-state index >= 15 is 0 Å². The first-order valence-corrected chi connectivity index (χ1v) is 18.4. The van der Waals surface area contributed by atoms with Crippen LogP contribution in [-0.4, -0.2) is 85.1 Å². The minimum atomic E-state index is -1.58. The number of fused-ring (bicyclic) bond motifs is 9. The second-order valence-corrected chi connectivity index (χ2v) is 16.6. The summed E-state index contributed by atoms with van der Waals surface area (Å²) in [5.41, 5.74) is -4.61. The molecule has 0 aromatic heterocycles. The molecule has 2 aliphatic heterocycles. The number of methoxy groups -OCH3 is 1. The van der Waals surface area contributed by atoms with Crippen molar-refractivity contribution in [1.82, 2.24) is 0 Å². The zero-order valence-electron chi connectivity index (χ0n) is 30.7. The molecule has 4 aliphatic carbocycles. The molecule has 280 valence electrons. The molecular formula is C39H52O12. The van der Waals surface area contributed by atoms with E-state index in [9.17, 15) is 24.3 Å². The van der Waals surface area contributed by atoms with Gasteiger partial charge < -0.3 is 38.3 Å². The van der Waals surface area contributed by atoms with E-state index in [1.54, 1.807) is 6.92 Å². The van der Waals surface area contributed by atoms with Crippen LogP contribution >= 0.6 is 0 Å². The fourth-order valence-electron chi connectivity index (χ4n) is 12.3. The molecule has 0 bridgehead atoms. The third-order valence-corrected chi connectivity index (χ3v) is 14.5. The second kappa shape index (κ2) is 12.4. The van der Waals surface area contributed by atoms with Gasteiger partial charge in [-0.2, -0.15) is 0 Å². The van der Waals surface area contributed by atoms with Crippen LogP contribution in [0.25, 0.3) is 0 Å². The van der Waals surface area contributed by atoms with Gasteiger partial charge in [-0.25, -0.2) is 9.59 Å². The van der Waals surface area contributed by atoms with E-state index in [1.807, 2.05) is 44.2 Å². The number of hydrogen-bond donors (Lipinski definition) is 1. The lowest BCUT2D eigenvalue weighted by molar-refractivity contribution is -0.313. The highest BCUT2D eigenvalue weighted by molar-refractivity contribution is 5.86. The van der Waals surface area contributed by atoms with Crippen molar-refractivity contribution in [3.05, 3.63) is 35.9 Å². The van der Waals surface area contributed by atoms with Crippen LogP contribution in [0.15, 0.2) is 30.3 Å². The van der Waals surface area contributed by atoms with E-state index in [0.717, 1.165) is 5.56 Å². The topological polar surface area (TPSA) is 156 Å². The number of aliphatic hydroxyl groups is 1. The fourth-order valence-corrected chi connectivity index (χ4v) is 12.3. The van der Waals surface area contributed by atoms with Crippen molar-refractivity contribution < 1.29 is 57.4 Å². The Morgan fingerprint density at radius 2 is 1.69 bits per heavy atom. The van der Waals surface area contributed by atoms with E-state index in [2.05, 4.69) is 6.92 Å². The monoisotopic (exact) mass is 712 g/mol. The molecule has 0 amide bonds. The molecule has 7 rings (SSSR count). The van der Waals surface area contributed by atoms with Crippen molar-refractivity contribution in [2.45, 2.75) is 116 Å². The summed E-state index contributed by atoms with van der Waals surface area (Å²) in [5.74, 6) is -2.96. The molecule has 12 heteroatoms. The number of rotatable bonds is 7. The Kier molecular flexibility index (Phi) is 8.82. The lowest BCUT2D eigenvalue weighted by Gasteiger charge is -2.69. The average Bonchev–Trinajstić information content (AvgIpc) is 3.71. The van der Waals surface area contributed by atoms with Gasteiger partial charge in [0.15, 0.2) is 6.10 Å². The molecule has 51 heavy (non-hydrogen) atoms. The zero-order chi connectivity index (χ0) is 36.7. The van der Waals surface area contributed by atoms with E-state index in [1.165, 1.54) is 21.0 Å². The Hall–Kier alpha value is -3.22. The maximum atomic E-state index is 13.7. The van der Waals surface area contributed by atoms with Crippen LogP contribution in [-0.2, 0) is 54.1 Å². The van der Waals surface area contributed by atoms with Gasteiger partial charge in [0.1, 0.15) is 24.9 Å². The molecule has 1 aromatic rings. The minimum Gasteiger partial charge on any atom is -0.467 e. The number of ether oxygens (including phenoxy) is 7. The molecule has 0 radical (unpaired) electrons. The summed E-state index contributed by atoms with van der Waals surface area (Å²) in [6.45, 7) is 11.5. The van der Waals surface area contributed by atoms with Crippen molar-refractivity contribution in [3.8, 4) is 0 Å². The first-order valence-electron chi connectivity index (χ1n) is 18.4. The number of epoxide rings is 1. The maximum absolute atomic E-state index is 13.7. The van der Waals surface area contributed by atoms with Gasteiger partial charge in [0, 0.05) is 25.2 Å². The van der Waals surface area contributed by atoms with Crippen LogP contribution in [0.1, 0.15) is 79.2 Å². The van der Waals surface area contributed by atoms with Gasteiger partial charge in [-0.15, -0.1) is 0 Å². The molecule has 0 spiro atoms. The van der Waals surface area contributed by atoms with Crippen LogP contribution in [0, 0.1) is 45.8 Å². The van der Waals surface area contributed by atoms with Gasteiger partial charge in [-0.05, 0) is 80.6 Å². The second-order valence-electron chi connectivity index (χ2n) is 16.6. The maximum Gasteiger partial charge on any atom is 0.508 e. The summed E-state index contributed by atoms with van der Waals surface area (Å²) in [4.78, 5) is 52.6. The smallest absolute Gasteiger partial charge is 0.467 e. The molecule has 1 N–H and O–H groups in total. The van der Waals surface area contributed by atoms with Gasteiger partial charge in [-0.1, -0.05) is 44.2 Å². The largest absolute Gasteiger partial charge is 0.508 e. The minimum absolute atomic E-state index is 0.0300. The molecule has 6 unspecified atom stereocenters. The van der Waals surface area contributed by atoms with Gasteiger partial charge in [0.05, 0.1) is 31.3 Å². The zero-order valence-corrected chi connectivity index (χ0v) is 30.7. The van der Waals surface area contributed by atoms with E-state index in [0.29, 0.717) is 45.3 Å². The summed E-state index contributed by atoms with van der Waals surface area (Å²) in [5, 5.41) is 13.3. The number of benzene rings is 1. The fraction of sp³-hybridized carbons (Fsp3) is 0.744. The molecule has 6 aliphatic rings. The quantitative estimate of drug-likeness (QED) is 0.235. The summed E-state index contributed by atoms with van der Waals surface area (Å²) in [6, 6.07) is 9.43. The Labute approximate surface area is 299 Å². The average molecular weight is 713 g/mol. The standard InChI is InChI=1S/C39H52O12/c1-21-17-38(44)27-13-15-35(5)26(14-16-37(20-46-19-28(35)37)22(2)48-34(43)47-18-25-11-9-8-10-12-25)29(27)30(49-23(3)40)32(50-24(4)41)36(38,6)39(31(21)51-39)33(42)45-7/h8-12,21-22,26-32,44H,13-20H2,1-7H3/t21?,22?,26?,27?,28-,29?,30?,31+,32-,35+,36+,37-,38+,39-/m0/s1. The third-order valence-electron chi connectivity index (χ3n) is 14.5. The number of hydrogen-bond acceptors (Lipinski definition) is 12. The van der Waals surface area contributed by atoms with Gasteiger partial charge in [0.25, 0.3) is 0 Å². The van der Waals surface area contributed by atoms with E-state index in [-0.39, 0.29) is 29.8 Å². The molecule has 2 heterocycles. The molecule has 6 fully saturated rings. The number of carbonyl (C=O) groups is 4. The molecular weight excluding hydrogens is 660 g/mol. The molecule has 2 saturated heterocycles. The SMILES string of the molecule is COC(=O)[C@@]12O[C@@H]1C(C)C[C@@]1(O)C3CC[C@]4(C)C(CC[C@@]5(C(C)OC(=O)OCc6ccccc6)COC[C@H]54)C3C(OC(C)=O)[C@H](OC(C)=O)[C@]12C. The van der Waals surface area contributed by atoms with Gasteiger partial charge >= 0.3 is 24.1 Å². The third kappa shape index (κ3) is 5.01. The Balaban J connectivity index is 1.24. The van der Waals surface area contributed by atoms with Gasteiger partial charge in [-0.3, -0.25) is 9.59 Å². The summed E-state index contributed by atoms with van der Waals surface area (Å²) >= 11 is 0. The number of carbonyl (C=O) groups excluding carboxylic acids is 4. The van der Waals surface area contributed by atoms with Crippen LogP contribution in [0.4, 0.5) is 4.79 Å². The van der Waals surface area contributed by atoms with Crippen molar-refractivity contribution >= 4 is 24.1 Å².